The molecule has 106 valence electrons. The van der Waals surface area contributed by atoms with Crippen molar-refractivity contribution in [1.82, 2.24) is 14.6 Å². The maximum Gasteiger partial charge on any atom is 0.272 e. The molecule has 0 bridgehead atoms. The Bertz CT molecular complexity index is 892. The fourth-order valence-electron chi connectivity index (χ4n) is 2.18. The molecule has 6 heteroatoms. The molecule has 3 aromatic rings. The summed E-state index contributed by atoms with van der Waals surface area (Å²) in [6.07, 6.45) is 1.48. The van der Waals surface area contributed by atoms with Gasteiger partial charge in [-0.05, 0) is 31.5 Å². The molecule has 0 spiro atoms. The second-order valence-electron chi connectivity index (χ2n) is 4.91. The van der Waals surface area contributed by atoms with Crippen molar-refractivity contribution in [3.63, 3.8) is 0 Å². The predicted octanol–water partition coefficient (Wildman–Crippen LogP) is 1.89. The summed E-state index contributed by atoms with van der Waals surface area (Å²) in [6, 6.07) is 8.91. The summed E-state index contributed by atoms with van der Waals surface area (Å²) in [5, 5.41) is 5.54. The monoisotopic (exact) mass is 282 g/mol. The minimum Gasteiger partial charge on any atom is -0.322 e. The molecule has 0 aliphatic heterocycles. The molecule has 0 saturated heterocycles. The molecular weight excluding hydrogens is 268 g/mol. The van der Waals surface area contributed by atoms with E-state index >= 15 is 0 Å². The Hall–Kier alpha value is -2.89. The molecule has 2 heterocycles. The summed E-state index contributed by atoms with van der Waals surface area (Å²) in [4.78, 5) is 28.4. The van der Waals surface area contributed by atoms with Crippen molar-refractivity contribution in [1.29, 1.82) is 0 Å². The van der Waals surface area contributed by atoms with Gasteiger partial charge in [0.25, 0.3) is 11.5 Å². The van der Waals surface area contributed by atoms with E-state index in [1.165, 1.54) is 16.8 Å². The van der Waals surface area contributed by atoms with Gasteiger partial charge >= 0.3 is 0 Å². The molecule has 3 rings (SSSR count). The van der Waals surface area contributed by atoms with Gasteiger partial charge in [-0.2, -0.15) is 0 Å². The zero-order valence-electron chi connectivity index (χ0n) is 11.7. The van der Waals surface area contributed by atoms with Crippen LogP contribution in [0, 0.1) is 13.8 Å². The van der Waals surface area contributed by atoms with Crippen LogP contribution in [0.2, 0.25) is 0 Å². The van der Waals surface area contributed by atoms with Crippen LogP contribution in [0.4, 0.5) is 5.69 Å². The zero-order valence-corrected chi connectivity index (χ0v) is 11.7. The molecule has 21 heavy (non-hydrogen) atoms. The third kappa shape index (κ3) is 2.43. The van der Waals surface area contributed by atoms with Gasteiger partial charge in [-0.25, -0.2) is 9.50 Å². The minimum absolute atomic E-state index is 0.243. The van der Waals surface area contributed by atoms with Crippen LogP contribution < -0.4 is 10.9 Å². The molecule has 6 nitrogen and oxygen atoms in total. The number of anilines is 1. The molecule has 2 aromatic heterocycles. The lowest BCUT2D eigenvalue weighted by atomic mass is 10.2. The van der Waals surface area contributed by atoms with Crippen LogP contribution >= 0.6 is 0 Å². The van der Waals surface area contributed by atoms with E-state index in [-0.39, 0.29) is 11.5 Å². The largest absolute Gasteiger partial charge is 0.322 e. The van der Waals surface area contributed by atoms with Crippen molar-refractivity contribution in [2.75, 3.05) is 5.32 Å². The molecular formula is C15H14N4O2. The standard InChI is InChI=1S/C15H14N4O2/c1-9-4-3-5-11(6-9)18-15(21)12-8-16-19-13(20)7-10(2)17-14(12)19/h3-8,16H,1-2H3,(H,18,21). The first kappa shape index (κ1) is 13.1. The quantitative estimate of drug-likeness (QED) is 0.753. The van der Waals surface area contributed by atoms with Gasteiger partial charge in [0.2, 0.25) is 0 Å². The van der Waals surface area contributed by atoms with Crippen molar-refractivity contribution < 1.29 is 4.79 Å². The number of amides is 1. The first-order valence-electron chi connectivity index (χ1n) is 6.50. The van der Waals surface area contributed by atoms with Crippen LogP contribution in [0.25, 0.3) is 5.65 Å². The highest BCUT2D eigenvalue weighted by molar-refractivity contribution is 6.08. The Morgan fingerprint density at radius 3 is 2.86 bits per heavy atom. The van der Waals surface area contributed by atoms with Gasteiger partial charge in [0, 0.05) is 23.6 Å². The number of aromatic amines is 1. The van der Waals surface area contributed by atoms with Crippen molar-refractivity contribution in [2.24, 2.45) is 0 Å². The van der Waals surface area contributed by atoms with Crippen LogP contribution in [0.15, 0.2) is 41.3 Å². The van der Waals surface area contributed by atoms with Gasteiger partial charge in [0.1, 0.15) is 5.56 Å². The van der Waals surface area contributed by atoms with E-state index in [0.29, 0.717) is 22.6 Å². The van der Waals surface area contributed by atoms with E-state index in [2.05, 4.69) is 15.4 Å². The Morgan fingerprint density at radius 2 is 2.10 bits per heavy atom. The highest BCUT2D eigenvalue weighted by Crippen LogP contribution is 2.13. The van der Waals surface area contributed by atoms with E-state index in [0.717, 1.165) is 5.56 Å². The Balaban J connectivity index is 2.00. The van der Waals surface area contributed by atoms with E-state index in [1.807, 2.05) is 31.2 Å². The summed E-state index contributed by atoms with van der Waals surface area (Å²) in [5.41, 5.74) is 2.74. The van der Waals surface area contributed by atoms with E-state index in [9.17, 15) is 9.59 Å². The summed E-state index contributed by atoms with van der Waals surface area (Å²) >= 11 is 0. The molecule has 0 atom stereocenters. The lowest BCUT2D eigenvalue weighted by Crippen LogP contribution is -2.16. The lowest BCUT2D eigenvalue weighted by molar-refractivity contribution is 0.102. The number of nitrogens with zero attached hydrogens (tertiary/aromatic N) is 2. The topological polar surface area (TPSA) is 79.3 Å². The van der Waals surface area contributed by atoms with Crippen LogP contribution in [0.5, 0.6) is 0 Å². The Kier molecular flexibility index (Phi) is 3.06. The normalized spacial score (nSPS) is 10.8. The number of carbonyl (C=O) groups excluding carboxylic acids is 1. The first-order valence-corrected chi connectivity index (χ1v) is 6.50. The Labute approximate surface area is 120 Å². The molecule has 0 aliphatic carbocycles. The molecule has 1 aromatic carbocycles. The number of nitrogens with one attached hydrogen (secondary N) is 2. The fourth-order valence-corrected chi connectivity index (χ4v) is 2.18. The number of hydrogen-bond acceptors (Lipinski definition) is 3. The smallest absolute Gasteiger partial charge is 0.272 e. The van der Waals surface area contributed by atoms with Crippen LogP contribution in [0.1, 0.15) is 21.6 Å². The maximum atomic E-state index is 12.3. The zero-order chi connectivity index (χ0) is 15.0. The SMILES string of the molecule is Cc1cccc(NC(=O)c2c[nH]n3c(=O)cc(C)nc23)c1. The van der Waals surface area contributed by atoms with Crippen molar-refractivity contribution in [3.8, 4) is 0 Å². The molecule has 1 amide bonds. The number of aryl methyl sites for hydroxylation is 2. The molecule has 0 radical (unpaired) electrons. The van der Waals surface area contributed by atoms with Gasteiger partial charge in [-0.1, -0.05) is 12.1 Å². The molecule has 0 fully saturated rings. The van der Waals surface area contributed by atoms with Gasteiger partial charge in [-0.3, -0.25) is 14.7 Å². The average molecular weight is 282 g/mol. The molecule has 0 saturated carbocycles. The van der Waals surface area contributed by atoms with Gasteiger partial charge in [0.15, 0.2) is 5.65 Å². The number of benzene rings is 1. The highest BCUT2D eigenvalue weighted by Gasteiger charge is 2.15. The van der Waals surface area contributed by atoms with E-state index in [1.54, 1.807) is 6.92 Å². The van der Waals surface area contributed by atoms with Gasteiger partial charge in [0.05, 0.1) is 0 Å². The lowest BCUT2D eigenvalue weighted by Gasteiger charge is -2.04. The number of rotatable bonds is 2. The summed E-state index contributed by atoms with van der Waals surface area (Å²) in [6.45, 7) is 3.67. The van der Waals surface area contributed by atoms with Crippen LogP contribution in [0.3, 0.4) is 0 Å². The second kappa shape index (κ2) is 4.90. The number of H-pyrrole nitrogens is 1. The average Bonchev–Trinajstić information content (AvgIpc) is 2.82. The predicted molar refractivity (Wildman–Crippen MR) is 79.7 cm³/mol. The van der Waals surface area contributed by atoms with Crippen LogP contribution in [-0.2, 0) is 0 Å². The highest BCUT2D eigenvalue weighted by atomic mass is 16.2. The summed E-state index contributed by atoms with van der Waals surface area (Å²) in [7, 11) is 0. The number of hydrogen-bond donors (Lipinski definition) is 2. The number of fused-ring (bicyclic) bond motifs is 1. The van der Waals surface area contributed by atoms with Crippen molar-refractivity contribution >= 4 is 17.2 Å². The van der Waals surface area contributed by atoms with Crippen LogP contribution in [-0.4, -0.2) is 20.5 Å². The number of carbonyl (C=O) groups is 1. The third-order valence-electron chi connectivity index (χ3n) is 3.15. The third-order valence-corrected chi connectivity index (χ3v) is 3.15. The van der Waals surface area contributed by atoms with Crippen molar-refractivity contribution in [2.45, 2.75) is 13.8 Å². The molecule has 0 unspecified atom stereocenters. The fraction of sp³-hybridized carbons (Fsp3) is 0.133. The molecule has 0 aliphatic rings. The van der Waals surface area contributed by atoms with Gasteiger partial charge < -0.3 is 5.32 Å². The summed E-state index contributed by atoms with van der Waals surface area (Å²) < 4.78 is 1.25. The second-order valence-corrected chi connectivity index (χ2v) is 4.91. The summed E-state index contributed by atoms with van der Waals surface area (Å²) in [5.74, 6) is -0.308. The molecule has 2 N–H and O–H groups in total. The van der Waals surface area contributed by atoms with Gasteiger partial charge in [-0.15, -0.1) is 0 Å². The van der Waals surface area contributed by atoms with E-state index < -0.39 is 0 Å². The maximum absolute atomic E-state index is 12.3. The minimum atomic E-state index is -0.308. The Morgan fingerprint density at radius 1 is 1.29 bits per heavy atom. The van der Waals surface area contributed by atoms with Crippen molar-refractivity contribution in [3.05, 3.63) is 63.7 Å². The number of aromatic nitrogens is 3. The first-order chi connectivity index (χ1) is 10.0. The van der Waals surface area contributed by atoms with E-state index in [4.69, 9.17) is 0 Å².